The fourth-order valence-corrected chi connectivity index (χ4v) is 12.3. The lowest BCUT2D eigenvalue weighted by Gasteiger charge is -2.21. The van der Waals surface area contributed by atoms with Gasteiger partial charge in [0.15, 0.2) is 0 Å². The molecule has 0 aliphatic heterocycles. The van der Waals surface area contributed by atoms with Crippen molar-refractivity contribution < 1.29 is 13.2 Å². The largest absolute Gasteiger partial charge is 0.417 e. The highest BCUT2D eigenvalue weighted by molar-refractivity contribution is 6.13. The van der Waals surface area contributed by atoms with Crippen molar-refractivity contribution in [2.45, 2.75) is 68.5 Å². The third-order valence-corrected chi connectivity index (χ3v) is 15.9. The number of halogens is 3. The molecule has 0 amide bonds. The summed E-state index contributed by atoms with van der Waals surface area (Å²) in [5.74, 6) is 0. The van der Waals surface area contributed by atoms with E-state index >= 15 is 13.2 Å². The molecule has 0 aliphatic carbocycles. The van der Waals surface area contributed by atoms with Crippen LogP contribution in [0.15, 0.2) is 176 Å². The molecule has 2 heterocycles. The van der Waals surface area contributed by atoms with Gasteiger partial charge in [-0.2, -0.15) is 18.4 Å². The van der Waals surface area contributed by atoms with Crippen molar-refractivity contribution >= 4 is 43.6 Å². The maximum Gasteiger partial charge on any atom is 0.417 e. The number of hydrogen-bond acceptors (Lipinski definition) is 1. The number of benzene rings is 10. The van der Waals surface area contributed by atoms with Crippen LogP contribution in [-0.2, 0) is 6.18 Å². The summed E-state index contributed by atoms with van der Waals surface area (Å²) in [6, 6.07) is 62.4. The average molecular weight is 1010 g/mol. The molecule has 376 valence electrons. The van der Waals surface area contributed by atoms with Crippen molar-refractivity contribution in [3.05, 3.63) is 237 Å². The second-order valence-electron chi connectivity index (χ2n) is 21.4. The Morgan fingerprint density at radius 1 is 0.351 bits per heavy atom. The first-order chi connectivity index (χ1) is 36.9. The summed E-state index contributed by atoms with van der Waals surface area (Å²) in [5, 5.41) is 15.9. The van der Waals surface area contributed by atoms with Crippen LogP contribution in [0.3, 0.4) is 0 Å². The highest BCUT2D eigenvalue weighted by Gasteiger charge is 2.35. The highest BCUT2D eigenvalue weighted by atomic mass is 19.4. The average Bonchev–Trinajstić information content (AvgIpc) is 4.16. The Hall–Kier alpha value is -8.92. The van der Waals surface area contributed by atoms with E-state index in [-0.39, 0.29) is 5.56 Å². The van der Waals surface area contributed by atoms with Gasteiger partial charge in [0.05, 0.1) is 39.0 Å². The van der Waals surface area contributed by atoms with Crippen LogP contribution in [0, 0.1) is 73.6 Å². The first-order valence-corrected chi connectivity index (χ1v) is 26.2. The van der Waals surface area contributed by atoms with Crippen LogP contribution in [0.1, 0.15) is 61.2 Å². The zero-order valence-corrected chi connectivity index (χ0v) is 44.7. The van der Waals surface area contributed by atoms with Crippen LogP contribution in [0.5, 0.6) is 0 Å². The fourth-order valence-electron chi connectivity index (χ4n) is 12.3. The molecule has 0 saturated heterocycles. The molecule has 6 heteroatoms. The quantitative estimate of drug-likeness (QED) is 0.157. The van der Waals surface area contributed by atoms with Crippen LogP contribution in [0.2, 0.25) is 0 Å². The number of fused-ring (bicyclic) bond motifs is 6. The molecule has 12 aromatic rings. The summed E-state index contributed by atoms with van der Waals surface area (Å²) < 4.78 is 51.2. The molecule has 3 nitrogen and oxygen atoms in total. The van der Waals surface area contributed by atoms with Gasteiger partial charge in [-0.15, -0.1) is 0 Å². The molecule has 77 heavy (non-hydrogen) atoms. The predicted octanol–water partition coefficient (Wildman–Crippen LogP) is 19.9. The lowest BCUT2D eigenvalue weighted by molar-refractivity contribution is -0.137. The standard InChI is InChI=1S/C71H56F3N3/c1-40-13-21-54(45(6)29-40)49-17-25-58-59-26-18-50(55-22-14-41(2)30-46(55)7)34-65(59)76(64(58)33-49)68-37-53(70-44(5)11-10-12-63(70)71(72,73)74)38-69(62(68)39-75)77-66-35-51(56-23-15-42(3)31-47(56)8)19-27-60(66)61-28-20-52(36-67(61)77)57-24-16-43(4)32-48(57)9/h10-38H,1-9H3. The Labute approximate surface area is 447 Å². The molecule has 0 bridgehead atoms. The molecule has 0 aliphatic rings. The van der Waals surface area contributed by atoms with Crippen LogP contribution >= 0.6 is 0 Å². The van der Waals surface area contributed by atoms with Gasteiger partial charge < -0.3 is 9.13 Å². The van der Waals surface area contributed by atoms with E-state index in [1.807, 2.05) is 12.1 Å². The summed E-state index contributed by atoms with van der Waals surface area (Å²) in [5.41, 5.74) is 22.0. The Bertz CT molecular complexity index is 4030. The van der Waals surface area contributed by atoms with Crippen molar-refractivity contribution in [1.29, 1.82) is 5.26 Å². The minimum Gasteiger partial charge on any atom is -0.308 e. The van der Waals surface area contributed by atoms with Gasteiger partial charge >= 0.3 is 6.18 Å². The molecule has 0 N–H and O–H groups in total. The third kappa shape index (κ3) is 8.29. The van der Waals surface area contributed by atoms with Crippen LogP contribution in [0.4, 0.5) is 13.2 Å². The number of nitriles is 1. The summed E-state index contributed by atoms with van der Waals surface area (Å²) in [4.78, 5) is 0. The van der Waals surface area contributed by atoms with E-state index in [4.69, 9.17) is 0 Å². The van der Waals surface area contributed by atoms with Gasteiger partial charge in [0.25, 0.3) is 0 Å². The van der Waals surface area contributed by atoms with Crippen molar-refractivity contribution in [2.75, 3.05) is 0 Å². The summed E-state index contributed by atoms with van der Waals surface area (Å²) in [6.07, 6.45) is -4.68. The van der Waals surface area contributed by atoms with Gasteiger partial charge in [0.1, 0.15) is 11.6 Å². The lowest BCUT2D eigenvalue weighted by Crippen LogP contribution is -2.10. The summed E-state index contributed by atoms with van der Waals surface area (Å²) in [7, 11) is 0. The van der Waals surface area contributed by atoms with Gasteiger partial charge in [0.2, 0.25) is 0 Å². The van der Waals surface area contributed by atoms with Gasteiger partial charge in [-0.3, -0.25) is 0 Å². The van der Waals surface area contributed by atoms with E-state index in [9.17, 15) is 5.26 Å². The Kier molecular flexibility index (Phi) is 11.7. The minimum atomic E-state index is -4.68. The second kappa shape index (κ2) is 18.4. The van der Waals surface area contributed by atoms with E-state index in [1.165, 1.54) is 12.1 Å². The van der Waals surface area contributed by atoms with Gasteiger partial charge in [-0.1, -0.05) is 156 Å². The highest BCUT2D eigenvalue weighted by Crippen LogP contribution is 2.46. The van der Waals surface area contributed by atoms with Crippen LogP contribution in [-0.4, -0.2) is 9.13 Å². The molecule has 0 radical (unpaired) electrons. The van der Waals surface area contributed by atoms with Crippen molar-refractivity contribution in [3.8, 4) is 73.1 Å². The molecule has 12 rings (SSSR count). The third-order valence-electron chi connectivity index (χ3n) is 15.9. The zero-order chi connectivity index (χ0) is 53.8. The Balaban J connectivity index is 1.27. The number of rotatable bonds is 7. The van der Waals surface area contributed by atoms with Crippen molar-refractivity contribution in [2.24, 2.45) is 0 Å². The van der Waals surface area contributed by atoms with Gasteiger partial charge in [-0.05, 0) is 188 Å². The van der Waals surface area contributed by atoms with Crippen molar-refractivity contribution in [3.63, 3.8) is 0 Å². The number of aromatic nitrogens is 2. The second-order valence-corrected chi connectivity index (χ2v) is 21.4. The molecule has 0 atom stereocenters. The van der Waals surface area contributed by atoms with E-state index in [1.54, 1.807) is 13.0 Å². The Morgan fingerprint density at radius 3 is 0.961 bits per heavy atom. The van der Waals surface area contributed by atoms with Gasteiger partial charge in [-0.25, -0.2) is 0 Å². The normalized spacial score (nSPS) is 11.9. The molecule has 0 spiro atoms. The van der Waals surface area contributed by atoms with E-state index in [2.05, 4.69) is 216 Å². The molecule has 2 aromatic heterocycles. The lowest BCUT2D eigenvalue weighted by atomic mass is 9.92. The van der Waals surface area contributed by atoms with E-state index in [0.717, 1.165) is 133 Å². The maximum atomic E-state index is 15.6. The van der Waals surface area contributed by atoms with Gasteiger partial charge in [0, 0.05) is 21.5 Å². The zero-order valence-electron chi connectivity index (χ0n) is 44.7. The Morgan fingerprint density at radius 2 is 0.675 bits per heavy atom. The smallest absolute Gasteiger partial charge is 0.308 e. The number of nitrogens with zero attached hydrogens (tertiary/aromatic N) is 3. The first kappa shape index (κ1) is 49.0. The first-order valence-electron chi connectivity index (χ1n) is 26.2. The van der Waals surface area contributed by atoms with Crippen LogP contribution in [0.25, 0.3) is 111 Å². The fraction of sp³-hybridized carbons (Fsp3) is 0.141. The van der Waals surface area contributed by atoms with Crippen LogP contribution < -0.4 is 0 Å². The topological polar surface area (TPSA) is 33.6 Å². The summed E-state index contributed by atoms with van der Waals surface area (Å²) in [6.45, 7) is 18.6. The molecule has 10 aromatic carbocycles. The van der Waals surface area contributed by atoms with E-state index < -0.39 is 11.7 Å². The minimum absolute atomic E-state index is 0.0624. The number of alkyl halides is 3. The van der Waals surface area contributed by atoms with Crippen molar-refractivity contribution in [1.82, 2.24) is 9.13 Å². The SMILES string of the molecule is Cc1ccc(-c2ccc3c4ccc(-c5ccc(C)cc5C)cc4n(-c4cc(-c5c(C)cccc5C(F)(F)F)cc(-n5c6cc(-c7ccc(C)cc7C)ccc6c6ccc(-c7ccc(C)cc7C)cc65)c4C#N)c3c2)c(C)c1. The predicted molar refractivity (Wildman–Crippen MR) is 315 cm³/mol. The molecule has 0 fully saturated rings. The molecular weight excluding hydrogens is 952 g/mol. The molecule has 0 unspecified atom stereocenters. The monoisotopic (exact) mass is 1010 g/mol. The number of aryl methyl sites for hydroxylation is 9. The molecule has 0 saturated carbocycles. The summed E-state index contributed by atoms with van der Waals surface area (Å²) >= 11 is 0. The van der Waals surface area contributed by atoms with E-state index in [0.29, 0.717) is 28.1 Å². The number of hydrogen-bond donors (Lipinski definition) is 0. The molecular formula is C71H56F3N3. The maximum absolute atomic E-state index is 15.6.